The van der Waals surface area contributed by atoms with Gasteiger partial charge in [0, 0.05) is 25.4 Å². The Morgan fingerprint density at radius 2 is 1.95 bits per heavy atom. The maximum Gasteiger partial charge on any atom is 0.250 e. The molecule has 0 aromatic carbocycles. The summed E-state index contributed by atoms with van der Waals surface area (Å²) in [5, 5.41) is 2.74. The fraction of sp³-hybridized carbons (Fsp3) is 0.533. The zero-order valence-corrected chi connectivity index (χ0v) is 12.0. The third-order valence-electron chi connectivity index (χ3n) is 4.17. The molecule has 21 heavy (non-hydrogen) atoms. The standard InChI is InChI=1S/C15H19N3O3/c1-10-15(21)18(13(11-5-6-11)14(20)16-10)9-8-17-7-3-2-4-12(17)19/h2-4,7,10-11,13H,5-6,8-9H2,1H3,(H,16,20). The quantitative estimate of drug-likeness (QED) is 0.846. The third-order valence-corrected chi connectivity index (χ3v) is 4.17. The van der Waals surface area contributed by atoms with Gasteiger partial charge >= 0.3 is 0 Å². The van der Waals surface area contributed by atoms with Crippen LogP contribution < -0.4 is 10.9 Å². The molecule has 2 atom stereocenters. The predicted molar refractivity (Wildman–Crippen MR) is 76.5 cm³/mol. The van der Waals surface area contributed by atoms with E-state index in [2.05, 4.69) is 5.32 Å². The first-order valence-corrected chi connectivity index (χ1v) is 7.34. The molecule has 1 aliphatic carbocycles. The molecule has 1 N–H and O–H groups in total. The molecule has 2 fully saturated rings. The highest BCUT2D eigenvalue weighted by molar-refractivity contribution is 5.97. The van der Waals surface area contributed by atoms with Gasteiger partial charge in [-0.15, -0.1) is 0 Å². The highest BCUT2D eigenvalue weighted by atomic mass is 16.2. The summed E-state index contributed by atoms with van der Waals surface area (Å²) in [5.74, 6) is 0.148. The molecule has 1 saturated heterocycles. The molecule has 0 radical (unpaired) electrons. The Balaban J connectivity index is 1.77. The molecule has 112 valence electrons. The van der Waals surface area contributed by atoms with Crippen molar-refractivity contribution in [2.45, 2.75) is 38.4 Å². The molecule has 2 aliphatic rings. The number of rotatable bonds is 4. The number of piperazine rings is 1. The summed E-state index contributed by atoms with van der Waals surface area (Å²) in [6.45, 7) is 2.50. The summed E-state index contributed by atoms with van der Waals surface area (Å²) in [7, 11) is 0. The van der Waals surface area contributed by atoms with Gasteiger partial charge in [-0.3, -0.25) is 14.4 Å². The van der Waals surface area contributed by atoms with Crippen LogP contribution in [0.2, 0.25) is 0 Å². The van der Waals surface area contributed by atoms with Gasteiger partial charge in [0.05, 0.1) is 0 Å². The Morgan fingerprint density at radius 1 is 1.19 bits per heavy atom. The van der Waals surface area contributed by atoms with Gasteiger partial charge in [-0.1, -0.05) is 6.07 Å². The summed E-state index contributed by atoms with van der Waals surface area (Å²) < 4.78 is 1.56. The predicted octanol–water partition coefficient (Wildman–Crippen LogP) is -0.0262. The minimum absolute atomic E-state index is 0.0597. The van der Waals surface area contributed by atoms with E-state index < -0.39 is 6.04 Å². The van der Waals surface area contributed by atoms with Gasteiger partial charge in [-0.2, -0.15) is 0 Å². The van der Waals surface area contributed by atoms with Crippen molar-refractivity contribution in [3.05, 3.63) is 34.7 Å². The van der Waals surface area contributed by atoms with Gasteiger partial charge < -0.3 is 14.8 Å². The van der Waals surface area contributed by atoms with Gasteiger partial charge in [0.2, 0.25) is 11.8 Å². The number of hydrogen-bond acceptors (Lipinski definition) is 3. The van der Waals surface area contributed by atoms with Gasteiger partial charge in [-0.05, 0) is 31.7 Å². The Kier molecular flexibility index (Phi) is 3.53. The lowest BCUT2D eigenvalue weighted by Gasteiger charge is -2.38. The molecule has 2 unspecified atom stereocenters. The summed E-state index contributed by atoms with van der Waals surface area (Å²) in [4.78, 5) is 37.9. The molecule has 0 spiro atoms. The van der Waals surface area contributed by atoms with Gasteiger partial charge in [0.25, 0.3) is 5.56 Å². The Bertz CT molecular complexity index is 621. The molecule has 1 saturated carbocycles. The molecule has 3 rings (SSSR count). The van der Waals surface area contributed by atoms with E-state index in [4.69, 9.17) is 0 Å². The van der Waals surface area contributed by atoms with Crippen LogP contribution in [0.15, 0.2) is 29.2 Å². The van der Waals surface area contributed by atoms with Crippen molar-refractivity contribution >= 4 is 11.8 Å². The second-order valence-corrected chi connectivity index (χ2v) is 5.78. The number of amides is 2. The van der Waals surface area contributed by atoms with E-state index in [-0.39, 0.29) is 29.3 Å². The molecule has 6 heteroatoms. The fourth-order valence-electron chi connectivity index (χ4n) is 2.88. The van der Waals surface area contributed by atoms with Crippen LogP contribution in [0.25, 0.3) is 0 Å². The highest BCUT2D eigenvalue weighted by Crippen LogP contribution is 2.36. The van der Waals surface area contributed by atoms with E-state index in [1.807, 2.05) is 0 Å². The summed E-state index contributed by atoms with van der Waals surface area (Å²) in [6.07, 6.45) is 3.68. The van der Waals surface area contributed by atoms with Crippen LogP contribution in [-0.2, 0) is 16.1 Å². The third kappa shape index (κ3) is 2.70. The second kappa shape index (κ2) is 5.35. The number of carbonyl (C=O) groups excluding carboxylic acids is 2. The maximum atomic E-state index is 12.3. The second-order valence-electron chi connectivity index (χ2n) is 5.78. The molecule has 2 amide bonds. The summed E-state index contributed by atoms with van der Waals surface area (Å²) in [6, 6.07) is 4.11. The number of aromatic nitrogens is 1. The monoisotopic (exact) mass is 289 g/mol. The SMILES string of the molecule is CC1NC(=O)C(C2CC2)N(CCn2ccccc2=O)C1=O. The van der Waals surface area contributed by atoms with Crippen molar-refractivity contribution in [3.8, 4) is 0 Å². The zero-order chi connectivity index (χ0) is 15.0. The average molecular weight is 289 g/mol. The summed E-state index contributed by atoms with van der Waals surface area (Å²) >= 11 is 0. The molecule has 0 bridgehead atoms. The zero-order valence-electron chi connectivity index (χ0n) is 12.0. The van der Waals surface area contributed by atoms with Crippen LogP contribution in [0.1, 0.15) is 19.8 Å². The van der Waals surface area contributed by atoms with Crippen LogP contribution in [0.4, 0.5) is 0 Å². The van der Waals surface area contributed by atoms with Crippen LogP contribution >= 0.6 is 0 Å². The maximum absolute atomic E-state index is 12.3. The first-order valence-electron chi connectivity index (χ1n) is 7.34. The molecule has 1 aliphatic heterocycles. The van der Waals surface area contributed by atoms with Gasteiger partial charge in [0.1, 0.15) is 12.1 Å². The van der Waals surface area contributed by atoms with Crippen molar-refractivity contribution in [2.75, 3.05) is 6.54 Å². The molecular formula is C15H19N3O3. The fourth-order valence-corrected chi connectivity index (χ4v) is 2.88. The number of pyridine rings is 1. The van der Waals surface area contributed by atoms with Crippen molar-refractivity contribution in [1.82, 2.24) is 14.8 Å². The van der Waals surface area contributed by atoms with Gasteiger partial charge in [-0.25, -0.2) is 0 Å². The summed E-state index contributed by atoms with van der Waals surface area (Å²) in [5.41, 5.74) is -0.0950. The van der Waals surface area contributed by atoms with Gasteiger partial charge in [0.15, 0.2) is 0 Å². The van der Waals surface area contributed by atoms with Crippen LogP contribution in [0.5, 0.6) is 0 Å². The topological polar surface area (TPSA) is 71.4 Å². The normalized spacial score (nSPS) is 25.9. The molecule has 1 aromatic heterocycles. The Hall–Kier alpha value is -2.11. The lowest BCUT2D eigenvalue weighted by Crippen LogP contribution is -2.63. The lowest BCUT2D eigenvalue weighted by atomic mass is 10.0. The highest BCUT2D eigenvalue weighted by Gasteiger charge is 2.46. The minimum atomic E-state index is -0.486. The molecular weight excluding hydrogens is 270 g/mol. The molecule has 1 aromatic rings. The first kappa shape index (κ1) is 13.9. The van der Waals surface area contributed by atoms with Crippen LogP contribution in [-0.4, -0.2) is 39.9 Å². The van der Waals surface area contributed by atoms with E-state index in [1.165, 1.54) is 6.07 Å². The minimum Gasteiger partial charge on any atom is -0.343 e. The Labute approximate surface area is 122 Å². The average Bonchev–Trinajstić information content (AvgIpc) is 3.27. The van der Waals surface area contributed by atoms with E-state index in [0.717, 1.165) is 12.8 Å². The molecule has 6 nitrogen and oxygen atoms in total. The smallest absolute Gasteiger partial charge is 0.250 e. The van der Waals surface area contributed by atoms with Crippen molar-refractivity contribution < 1.29 is 9.59 Å². The van der Waals surface area contributed by atoms with E-state index in [0.29, 0.717) is 13.1 Å². The van der Waals surface area contributed by atoms with E-state index >= 15 is 0 Å². The van der Waals surface area contributed by atoms with E-state index in [9.17, 15) is 14.4 Å². The van der Waals surface area contributed by atoms with Crippen LogP contribution in [0, 0.1) is 5.92 Å². The molecule has 2 heterocycles. The number of hydrogen-bond donors (Lipinski definition) is 1. The van der Waals surface area contributed by atoms with Crippen LogP contribution in [0.3, 0.4) is 0 Å². The van der Waals surface area contributed by atoms with Crippen molar-refractivity contribution in [3.63, 3.8) is 0 Å². The Morgan fingerprint density at radius 3 is 2.62 bits per heavy atom. The largest absolute Gasteiger partial charge is 0.343 e. The lowest BCUT2D eigenvalue weighted by molar-refractivity contribution is -0.149. The van der Waals surface area contributed by atoms with Crippen molar-refractivity contribution in [1.29, 1.82) is 0 Å². The van der Waals surface area contributed by atoms with E-state index in [1.54, 1.807) is 34.7 Å². The number of carbonyl (C=O) groups is 2. The number of nitrogens with zero attached hydrogens (tertiary/aromatic N) is 2. The first-order chi connectivity index (χ1) is 10.1. The number of nitrogens with one attached hydrogen (secondary N) is 1. The van der Waals surface area contributed by atoms with Crippen molar-refractivity contribution in [2.24, 2.45) is 5.92 Å².